The van der Waals surface area contributed by atoms with Gasteiger partial charge < -0.3 is 24.3 Å². The smallest absolute Gasteiger partial charge is 0.374 e. The van der Waals surface area contributed by atoms with Crippen molar-refractivity contribution >= 4 is 35.4 Å². The summed E-state index contributed by atoms with van der Waals surface area (Å²) >= 11 is 0. The highest BCUT2D eigenvalue weighted by Gasteiger charge is 2.37. The Labute approximate surface area is 323 Å². The quantitative estimate of drug-likeness (QED) is 0.0451. The number of Topliss-reactive ketones (excluding diaryl/α,β-unsaturated/α-hetero) is 2. The average molecular weight is 764 g/mol. The number of hydrogen-bond acceptors (Lipinski definition) is 10. The van der Waals surface area contributed by atoms with Gasteiger partial charge in [-0.15, -0.1) is 0 Å². The number of amides is 1. The van der Waals surface area contributed by atoms with E-state index in [0.717, 1.165) is 51.0 Å². The van der Waals surface area contributed by atoms with E-state index in [-0.39, 0.29) is 42.6 Å². The second kappa shape index (κ2) is 21.1. The summed E-state index contributed by atoms with van der Waals surface area (Å²) in [4.78, 5) is 72.6. The van der Waals surface area contributed by atoms with Crippen LogP contribution < -0.4 is 10.1 Å². The van der Waals surface area contributed by atoms with E-state index in [9.17, 15) is 28.8 Å². The summed E-state index contributed by atoms with van der Waals surface area (Å²) in [6, 6.07) is 10.0. The van der Waals surface area contributed by atoms with E-state index in [1.54, 1.807) is 30.3 Å². The number of nitrogens with one attached hydrogen (secondary N) is 1. The molecule has 1 N–H and O–H groups in total. The number of halogens is 1. The fraction of sp³-hybridized carbons (Fsp3) is 0.488. The fourth-order valence-electron chi connectivity index (χ4n) is 6.35. The Balaban J connectivity index is 1.94. The number of carbonyl (C=O) groups excluding carboxylic acids is 6. The van der Waals surface area contributed by atoms with Crippen molar-refractivity contribution in [2.24, 2.45) is 11.3 Å². The van der Waals surface area contributed by atoms with Gasteiger partial charge in [0.1, 0.15) is 38.0 Å². The zero-order chi connectivity index (χ0) is 40.7. The number of esters is 3. The molecule has 0 unspecified atom stereocenters. The van der Waals surface area contributed by atoms with E-state index in [1.165, 1.54) is 39.5 Å². The predicted molar refractivity (Wildman–Crippen MR) is 204 cm³/mol. The third kappa shape index (κ3) is 13.6. The largest absolute Gasteiger partial charge is 0.493 e. The van der Waals surface area contributed by atoms with E-state index in [2.05, 4.69) is 25.4 Å². The van der Waals surface area contributed by atoms with Crippen LogP contribution in [0.15, 0.2) is 60.7 Å². The first-order valence-corrected chi connectivity index (χ1v) is 18.7. The molecule has 0 atom stereocenters. The van der Waals surface area contributed by atoms with Crippen LogP contribution in [0.25, 0.3) is 11.1 Å². The number of ketones is 2. The van der Waals surface area contributed by atoms with E-state index in [1.807, 2.05) is 6.07 Å². The summed E-state index contributed by atoms with van der Waals surface area (Å²) in [7, 11) is 0. The van der Waals surface area contributed by atoms with Crippen LogP contribution in [0.1, 0.15) is 103 Å². The van der Waals surface area contributed by atoms with Crippen molar-refractivity contribution in [3.8, 4) is 16.9 Å². The van der Waals surface area contributed by atoms with Gasteiger partial charge in [0.25, 0.3) is 0 Å². The molecule has 0 bridgehead atoms. The van der Waals surface area contributed by atoms with Crippen LogP contribution in [0.4, 0.5) is 4.39 Å². The van der Waals surface area contributed by atoms with Gasteiger partial charge in [0.15, 0.2) is 0 Å². The van der Waals surface area contributed by atoms with E-state index >= 15 is 4.39 Å². The number of ether oxygens (including phenoxy) is 4. The summed E-state index contributed by atoms with van der Waals surface area (Å²) in [5, 5.41) is 2.62. The van der Waals surface area contributed by atoms with Gasteiger partial charge in [-0.1, -0.05) is 64.0 Å². The van der Waals surface area contributed by atoms with Crippen LogP contribution >= 0.6 is 0 Å². The van der Waals surface area contributed by atoms with Gasteiger partial charge in [0.2, 0.25) is 17.5 Å². The van der Waals surface area contributed by atoms with Gasteiger partial charge in [0, 0.05) is 42.7 Å². The Morgan fingerprint density at radius 3 is 1.93 bits per heavy atom. The Kier molecular flexibility index (Phi) is 17.0. The molecule has 11 nitrogen and oxygen atoms in total. The van der Waals surface area contributed by atoms with Crippen LogP contribution in [-0.4, -0.2) is 61.7 Å². The molecule has 1 saturated carbocycles. The van der Waals surface area contributed by atoms with Crippen molar-refractivity contribution in [1.29, 1.82) is 0 Å². The molecule has 0 aromatic heterocycles. The summed E-state index contributed by atoms with van der Waals surface area (Å²) in [5.74, 6) is -4.57. The predicted octanol–water partition coefficient (Wildman–Crippen LogP) is 7.29. The molecule has 1 aliphatic carbocycles. The first-order valence-electron chi connectivity index (χ1n) is 18.7. The molecule has 0 radical (unpaired) electrons. The Morgan fingerprint density at radius 1 is 0.764 bits per heavy atom. The van der Waals surface area contributed by atoms with Crippen molar-refractivity contribution < 1.29 is 52.1 Å². The lowest BCUT2D eigenvalue weighted by molar-refractivity contribution is -0.162. The SMILES string of the molecule is C=C(C)C(=O)NCC(COC(=O)C(C)=O)(COC(=O)C(C)=O)COc1ccc(-c2ccc(C3CCC(CCCCC)CC3)cc2F)c(COC(=O)C(=C)C)c1. The number of carbonyl (C=O) groups is 6. The third-order valence-electron chi connectivity index (χ3n) is 9.75. The van der Waals surface area contributed by atoms with Gasteiger partial charge in [-0.3, -0.25) is 14.4 Å². The van der Waals surface area contributed by atoms with Crippen molar-refractivity contribution in [1.82, 2.24) is 5.32 Å². The van der Waals surface area contributed by atoms with Crippen LogP contribution in [-0.2, 0) is 49.6 Å². The molecule has 0 spiro atoms. The van der Waals surface area contributed by atoms with Crippen molar-refractivity contribution in [2.45, 2.75) is 98.5 Å². The molecule has 1 fully saturated rings. The van der Waals surface area contributed by atoms with Crippen LogP contribution in [0.2, 0.25) is 0 Å². The van der Waals surface area contributed by atoms with Gasteiger partial charge in [-0.2, -0.15) is 0 Å². The van der Waals surface area contributed by atoms with Gasteiger partial charge in [0.05, 0.1) is 5.41 Å². The maximum absolute atomic E-state index is 16.0. The van der Waals surface area contributed by atoms with Crippen LogP contribution in [0.5, 0.6) is 5.75 Å². The van der Waals surface area contributed by atoms with Gasteiger partial charge >= 0.3 is 17.9 Å². The monoisotopic (exact) mass is 763 g/mol. The minimum atomic E-state index is -1.51. The number of unbranched alkanes of at least 4 members (excludes halogenated alkanes) is 2. The summed E-state index contributed by atoms with van der Waals surface area (Å²) in [5.41, 5.74) is 0.930. The molecule has 0 saturated heterocycles. The zero-order valence-electron chi connectivity index (χ0n) is 32.7. The Morgan fingerprint density at radius 2 is 1.38 bits per heavy atom. The Hall–Kier alpha value is -5.13. The lowest BCUT2D eigenvalue weighted by Crippen LogP contribution is -2.49. The normalized spacial score (nSPS) is 15.3. The molecule has 3 rings (SSSR count). The van der Waals surface area contributed by atoms with Crippen molar-refractivity contribution in [2.75, 3.05) is 26.4 Å². The molecule has 0 heterocycles. The second-order valence-corrected chi connectivity index (χ2v) is 14.6. The number of rotatable bonds is 21. The van der Waals surface area contributed by atoms with E-state index < -0.39 is 59.8 Å². The summed E-state index contributed by atoms with van der Waals surface area (Å²) in [6.07, 6.45) is 9.27. The first kappa shape index (κ1) is 44.3. The van der Waals surface area contributed by atoms with Crippen molar-refractivity contribution in [3.05, 3.63) is 77.6 Å². The average Bonchev–Trinajstić information content (AvgIpc) is 3.16. The molecule has 0 aliphatic heterocycles. The highest BCUT2D eigenvalue weighted by molar-refractivity contribution is 6.32. The van der Waals surface area contributed by atoms with Crippen LogP contribution in [0.3, 0.4) is 0 Å². The molecule has 2 aromatic rings. The minimum absolute atomic E-state index is 0.159. The summed E-state index contributed by atoms with van der Waals surface area (Å²) in [6.45, 7) is 12.4. The highest BCUT2D eigenvalue weighted by atomic mass is 19.1. The molecular weight excluding hydrogens is 709 g/mol. The molecule has 1 amide bonds. The first-order chi connectivity index (χ1) is 26.1. The molecule has 12 heteroatoms. The van der Waals surface area contributed by atoms with Crippen molar-refractivity contribution in [3.63, 3.8) is 0 Å². The van der Waals surface area contributed by atoms with Gasteiger partial charge in [-0.05, 0) is 80.7 Å². The topological polar surface area (TPSA) is 151 Å². The fourth-order valence-corrected chi connectivity index (χ4v) is 6.35. The molecule has 55 heavy (non-hydrogen) atoms. The maximum Gasteiger partial charge on any atom is 0.374 e. The van der Waals surface area contributed by atoms with E-state index in [4.69, 9.17) is 18.9 Å². The van der Waals surface area contributed by atoms with Gasteiger partial charge in [-0.25, -0.2) is 18.8 Å². The maximum atomic E-state index is 16.0. The molecule has 1 aliphatic rings. The molecule has 298 valence electrons. The molecular formula is C43H54FNO10. The lowest BCUT2D eigenvalue weighted by Gasteiger charge is -2.32. The summed E-state index contributed by atoms with van der Waals surface area (Å²) < 4.78 is 38.0. The number of benzene rings is 2. The number of hydrogen-bond donors (Lipinski definition) is 1. The van der Waals surface area contributed by atoms with E-state index in [0.29, 0.717) is 16.7 Å². The lowest BCUT2D eigenvalue weighted by atomic mass is 9.77. The Bertz CT molecular complexity index is 1680. The standard InChI is InChI=1S/C43H54FNO10/c1-8-9-10-11-31-12-14-32(15-13-31)33-16-18-37(38(44)21-33)36-19-17-35(20-34(36)22-52-40(49)28(4)5)53-24-43(23-45-39(48)27(2)3,25-54-41(50)29(6)46)26-55-42(51)30(7)47/h16-21,31-32H,2,4,8-15,22-26H2,1,3,5-7H3,(H,45,48). The second-order valence-electron chi connectivity index (χ2n) is 14.6. The zero-order valence-corrected chi connectivity index (χ0v) is 32.7. The van der Waals surface area contributed by atoms with Crippen LogP contribution in [0, 0.1) is 17.2 Å². The highest BCUT2D eigenvalue weighted by Crippen LogP contribution is 2.39. The minimum Gasteiger partial charge on any atom is -0.493 e. The third-order valence-corrected chi connectivity index (χ3v) is 9.75. The molecule has 2 aromatic carbocycles.